The zero-order chi connectivity index (χ0) is 19.4. The van der Waals surface area contributed by atoms with E-state index < -0.39 is 3.79 Å². The van der Waals surface area contributed by atoms with Crippen LogP contribution in [0.15, 0.2) is 24.3 Å². The summed E-state index contributed by atoms with van der Waals surface area (Å²) in [6.45, 7) is 3.64. The standard InChI is InChI=1S/C18H22Cl3N5O/c1-25-7-4-8-26(10-9-25)17-23-15(22-16(24-17)18(19,20)21)12-13-5-3-6-14(11-13)27-2/h3,5-6,11H,4,7-10,12H2,1-2H3. The first-order valence-corrected chi connectivity index (χ1v) is 9.87. The first-order chi connectivity index (χ1) is 12.8. The van der Waals surface area contributed by atoms with Crippen LogP contribution in [0.3, 0.4) is 0 Å². The van der Waals surface area contributed by atoms with E-state index in [0.717, 1.165) is 43.9 Å². The van der Waals surface area contributed by atoms with Crippen molar-refractivity contribution in [2.45, 2.75) is 16.6 Å². The minimum Gasteiger partial charge on any atom is -0.497 e. The monoisotopic (exact) mass is 429 g/mol. The number of halogens is 3. The second kappa shape index (κ2) is 8.78. The number of alkyl halides is 3. The third-order valence-electron chi connectivity index (χ3n) is 4.42. The van der Waals surface area contributed by atoms with E-state index >= 15 is 0 Å². The predicted octanol–water partition coefficient (Wildman–Crippen LogP) is 3.44. The number of aromatic nitrogens is 3. The van der Waals surface area contributed by atoms with E-state index in [9.17, 15) is 0 Å². The Morgan fingerprint density at radius 1 is 1.07 bits per heavy atom. The molecule has 9 heteroatoms. The van der Waals surface area contributed by atoms with Gasteiger partial charge in [-0.2, -0.15) is 9.97 Å². The average molecular weight is 431 g/mol. The van der Waals surface area contributed by atoms with Gasteiger partial charge >= 0.3 is 0 Å². The topological polar surface area (TPSA) is 54.4 Å². The van der Waals surface area contributed by atoms with Crippen molar-refractivity contribution in [3.8, 4) is 5.75 Å². The number of hydrogen-bond donors (Lipinski definition) is 0. The lowest BCUT2D eigenvalue weighted by molar-refractivity contribution is 0.360. The van der Waals surface area contributed by atoms with E-state index in [1.807, 2.05) is 24.3 Å². The molecule has 2 heterocycles. The fourth-order valence-electron chi connectivity index (χ4n) is 2.97. The largest absolute Gasteiger partial charge is 0.497 e. The van der Waals surface area contributed by atoms with Crippen molar-refractivity contribution in [3.05, 3.63) is 41.5 Å². The molecular formula is C18H22Cl3N5O. The normalized spacial score (nSPS) is 16.3. The van der Waals surface area contributed by atoms with Crippen LogP contribution in [0.4, 0.5) is 5.95 Å². The highest BCUT2D eigenvalue weighted by Crippen LogP contribution is 2.36. The smallest absolute Gasteiger partial charge is 0.250 e. The molecule has 1 aromatic carbocycles. The molecule has 2 aromatic rings. The Morgan fingerprint density at radius 3 is 2.63 bits per heavy atom. The number of ether oxygens (including phenoxy) is 1. The van der Waals surface area contributed by atoms with Gasteiger partial charge in [-0.05, 0) is 37.7 Å². The average Bonchev–Trinajstić information content (AvgIpc) is 2.85. The number of likely N-dealkylation sites (N-methyl/N-ethyl adjacent to an activating group) is 1. The third kappa shape index (κ3) is 5.57. The van der Waals surface area contributed by atoms with Crippen molar-refractivity contribution in [2.24, 2.45) is 0 Å². The number of benzene rings is 1. The highest BCUT2D eigenvalue weighted by molar-refractivity contribution is 6.66. The fourth-order valence-corrected chi connectivity index (χ4v) is 3.22. The lowest BCUT2D eigenvalue weighted by Gasteiger charge is -2.22. The molecule has 1 aliphatic rings. The summed E-state index contributed by atoms with van der Waals surface area (Å²) < 4.78 is 3.58. The molecule has 1 saturated heterocycles. The van der Waals surface area contributed by atoms with Crippen LogP contribution in [0.5, 0.6) is 5.75 Å². The van der Waals surface area contributed by atoms with Crippen molar-refractivity contribution in [1.29, 1.82) is 0 Å². The number of methoxy groups -OCH3 is 1. The third-order valence-corrected chi connectivity index (χ3v) is 4.93. The second-order valence-electron chi connectivity index (χ2n) is 6.55. The van der Waals surface area contributed by atoms with Crippen LogP contribution < -0.4 is 9.64 Å². The first kappa shape index (κ1) is 20.4. The summed E-state index contributed by atoms with van der Waals surface area (Å²) >= 11 is 18.2. The summed E-state index contributed by atoms with van der Waals surface area (Å²) in [5, 5.41) is 0. The van der Waals surface area contributed by atoms with E-state index in [1.54, 1.807) is 7.11 Å². The van der Waals surface area contributed by atoms with Gasteiger partial charge in [-0.1, -0.05) is 46.9 Å². The van der Waals surface area contributed by atoms with Crippen molar-refractivity contribution in [2.75, 3.05) is 45.2 Å². The van der Waals surface area contributed by atoms with Crippen molar-refractivity contribution >= 4 is 40.8 Å². The molecule has 6 nitrogen and oxygen atoms in total. The van der Waals surface area contributed by atoms with Gasteiger partial charge in [0.25, 0.3) is 0 Å². The molecule has 146 valence electrons. The molecule has 0 radical (unpaired) electrons. The Labute approximate surface area is 174 Å². The molecule has 0 atom stereocenters. The van der Waals surface area contributed by atoms with E-state index in [1.165, 1.54) is 0 Å². The highest BCUT2D eigenvalue weighted by atomic mass is 35.6. The van der Waals surface area contributed by atoms with Crippen molar-refractivity contribution < 1.29 is 4.74 Å². The summed E-state index contributed by atoms with van der Waals surface area (Å²) in [6.07, 6.45) is 1.52. The molecule has 0 N–H and O–H groups in total. The van der Waals surface area contributed by atoms with Crippen LogP contribution in [0.2, 0.25) is 0 Å². The Kier molecular flexibility index (Phi) is 6.63. The Hall–Kier alpha value is -1.34. The molecule has 0 amide bonds. The zero-order valence-electron chi connectivity index (χ0n) is 15.3. The van der Waals surface area contributed by atoms with Crippen LogP contribution in [0.25, 0.3) is 0 Å². The molecule has 0 bridgehead atoms. The van der Waals surface area contributed by atoms with Crippen molar-refractivity contribution in [1.82, 2.24) is 19.9 Å². The Bertz CT molecular complexity index is 784. The zero-order valence-corrected chi connectivity index (χ0v) is 17.6. The molecule has 1 fully saturated rings. The van der Waals surface area contributed by atoms with Gasteiger partial charge in [-0.3, -0.25) is 0 Å². The molecular weight excluding hydrogens is 409 g/mol. The Balaban J connectivity index is 1.92. The second-order valence-corrected chi connectivity index (χ2v) is 8.83. The van der Waals surface area contributed by atoms with Gasteiger partial charge in [0.2, 0.25) is 9.74 Å². The molecule has 0 saturated carbocycles. The summed E-state index contributed by atoms with van der Waals surface area (Å²) in [4.78, 5) is 17.9. The molecule has 0 unspecified atom stereocenters. The first-order valence-electron chi connectivity index (χ1n) is 8.74. The highest BCUT2D eigenvalue weighted by Gasteiger charge is 2.29. The van der Waals surface area contributed by atoms with Crippen LogP contribution in [0, 0.1) is 0 Å². The molecule has 1 aliphatic heterocycles. The maximum absolute atomic E-state index is 6.08. The van der Waals surface area contributed by atoms with E-state index in [-0.39, 0.29) is 5.82 Å². The Morgan fingerprint density at radius 2 is 1.89 bits per heavy atom. The number of rotatable bonds is 4. The number of nitrogens with zero attached hydrogens (tertiary/aromatic N) is 5. The fraction of sp³-hybridized carbons (Fsp3) is 0.500. The minimum absolute atomic E-state index is 0.146. The van der Waals surface area contributed by atoms with Crippen LogP contribution in [0.1, 0.15) is 23.6 Å². The van der Waals surface area contributed by atoms with Gasteiger partial charge in [0.15, 0.2) is 5.82 Å². The van der Waals surface area contributed by atoms with Crippen molar-refractivity contribution in [3.63, 3.8) is 0 Å². The maximum atomic E-state index is 6.08. The summed E-state index contributed by atoms with van der Waals surface area (Å²) in [5.74, 6) is 2.04. The number of hydrogen-bond acceptors (Lipinski definition) is 6. The van der Waals surface area contributed by atoms with E-state index in [4.69, 9.17) is 39.5 Å². The van der Waals surface area contributed by atoms with Gasteiger partial charge in [0.1, 0.15) is 11.6 Å². The van der Waals surface area contributed by atoms with Crippen LogP contribution >= 0.6 is 34.8 Å². The molecule has 0 aliphatic carbocycles. The van der Waals surface area contributed by atoms with Gasteiger partial charge in [0.05, 0.1) is 7.11 Å². The summed E-state index contributed by atoms with van der Waals surface area (Å²) in [6, 6.07) is 7.75. The van der Waals surface area contributed by atoms with E-state index in [2.05, 4.69) is 31.8 Å². The quantitative estimate of drug-likeness (QED) is 0.693. The van der Waals surface area contributed by atoms with Gasteiger partial charge in [-0.25, -0.2) is 4.98 Å². The number of anilines is 1. The SMILES string of the molecule is COc1cccc(Cc2nc(N3CCCN(C)CC3)nc(C(Cl)(Cl)Cl)n2)c1. The van der Waals surface area contributed by atoms with Gasteiger partial charge in [0, 0.05) is 26.1 Å². The lowest BCUT2D eigenvalue weighted by atomic mass is 10.1. The van der Waals surface area contributed by atoms with Gasteiger partial charge < -0.3 is 14.5 Å². The maximum Gasteiger partial charge on any atom is 0.250 e. The summed E-state index contributed by atoms with van der Waals surface area (Å²) in [5.41, 5.74) is 1.01. The van der Waals surface area contributed by atoms with Gasteiger partial charge in [-0.15, -0.1) is 0 Å². The molecule has 27 heavy (non-hydrogen) atoms. The minimum atomic E-state index is -1.70. The molecule has 1 aromatic heterocycles. The summed E-state index contributed by atoms with van der Waals surface area (Å²) in [7, 11) is 3.75. The van der Waals surface area contributed by atoms with Crippen LogP contribution in [-0.2, 0) is 10.2 Å². The van der Waals surface area contributed by atoms with Crippen LogP contribution in [-0.4, -0.2) is 60.2 Å². The molecule has 3 rings (SSSR count). The molecule has 0 spiro atoms. The lowest BCUT2D eigenvalue weighted by Crippen LogP contribution is -2.31. The predicted molar refractivity (Wildman–Crippen MR) is 109 cm³/mol. The van der Waals surface area contributed by atoms with E-state index in [0.29, 0.717) is 18.2 Å².